The predicted molar refractivity (Wildman–Crippen MR) is 43.1 cm³/mol. The van der Waals surface area contributed by atoms with Crippen molar-refractivity contribution in [1.82, 2.24) is 20.1 Å². The largest absolute Gasteiger partial charge is 0.308 e. The van der Waals surface area contributed by atoms with E-state index in [0.717, 1.165) is 5.82 Å². The van der Waals surface area contributed by atoms with Crippen molar-refractivity contribution in [2.45, 2.75) is 19.4 Å². The van der Waals surface area contributed by atoms with E-state index < -0.39 is 0 Å². The number of aromatic nitrogens is 3. The van der Waals surface area contributed by atoms with Crippen LogP contribution in [0.5, 0.6) is 0 Å². The summed E-state index contributed by atoms with van der Waals surface area (Å²) in [5.41, 5.74) is -0.106. The van der Waals surface area contributed by atoms with Crippen molar-refractivity contribution in [3.8, 4) is 0 Å². The fourth-order valence-electron chi connectivity index (χ4n) is 0.974. The molecule has 62 valence electrons. The van der Waals surface area contributed by atoms with Crippen LogP contribution in [-0.4, -0.2) is 21.8 Å². The molecule has 0 atom stereocenters. The molecule has 1 aromatic heterocycles. The van der Waals surface area contributed by atoms with Crippen molar-refractivity contribution >= 4 is 0 Å². The average molecular weight is 154 g/mol. The molecule has 0 aliphatic heterocycles. The van der Waals surface area contributed by atoms with Gasteiger partial charge in [-0.1, -0.05) is 0 Å². The summed E-state index contributed by atoms with van der Waals surface area (Å²) in [4.78, 5) is 4.15. The van der Waals surface area contributed by atoms with Gasteiger partial charge in [-0.2, -0.15) is 5.10 Å². The van der Waals surface area contributed by atoms with E-state index in [2.05, 4.69) is 29.2 Å². The van der Waals surface area contributed by atoms with Crippen LogP contribution in [0.2, 0.25) is 0 Å². The summed E-state index contributed by atoms with van der Waals surface area (Å²) in [5, 5.41) is 7.16. The van der Waals surface area contributed by atoms with Gasteiger partial charge >= 0.3 is 0 Å². The lowest BCUT2D eigenvalue weighted by Crippen LogP contribution is -2.36. The Bertz CT molecular complexity index is 238. The standard InChI is InChI=1S/C7H14N4/c1-7(2,8-3)6-9-5-10-11(6)4/h5,8H,1-4H3. The molecule has 0 spiro atoms. The molecule has 0 unspecified atom stereocenters. The lowest BCUT2D eigenvalue weighted by Gasteiger charge is -2.22. The molecule has 0 amide bonds. The first-order valence-electron chi connectivity index (χ1n) is 3.61. The minimum atomic E-state index is -0.106. The summed E-state index contributed by atoms with van der Waals surface area (Å²) in [6.07, 6.45) is 1.56. The van der Waals surface area contributed by atoms with Crippen molar-refractivity contribution in [2.24, 2.45) is 7.05 Å². The molecule has 1 aromatic rings. The molecule has 4 nitrogen and oxygen atoms in total. The molecule has 0 saturated carbocycles. The normalized spacial score (nSPS) is 12.0. The van der Waals surface area contributed by atoms with Crippen molar-refractivity contribution < 1.29 is 0 Å². The lowest BCUT2D eigenvalue weighted by atomic mass is 10.1. The van der Waals surface area contributed by atoms with Gasteiger partial charge < -0.3 is 5.32 Å². The number of rotatable bonds is 2. The van der Waals surface area contributed by atoms with Gasteiger partial charge in [0.25, 0.3) is 0 Å². The van der Waals surface area contributed by atoms with Crippen LogP contribution < -0.4 is 5.32 Å². The van der Waals surface area contributed by atoms with Gasteiger partial charge in [0, 0.05) is 7.05 Å². The Morgan fingerprint density at radius 2 is 2.18 bits per heavy atom. The molecule has 0 radical (unpaired) electrons. The van der Waals surface area contributed by atoms with Crippen LogP contribution in [0, 0.1) is 0 Å². The highest BCUT2D eigenvalue weighted by molar-refractivity contribution is 5.00. The molecule has 0 aromatic carbocycles. The Morgan fingerprint density at radius 3 is 2.55 bits per heavy atom. The van der Waals surface area contributed by atoms with Crippen LogP contribution in [0.1, 0.15) is 19.7 Å². The highest BCUT2D eigenvalue weighted by Gasteiger charge is 2.22. The molecule has 1 rings (SSSR count). The zero-order valence-corrected chi connectivity index (χ0v) is 7.42. The Labute approximate surface area is 66.6 Å². The Balaban J connectivity index is 3.00. The molecule has 11 heavy (non-hydrogen) atoms. The van der Waals surface area contributed by atoms with Crippen molar-refractivity contribution in [3.05, 3.63) is 12.2 Å². The summed E-state index contributed by atoms with van der Waals surface area (Å²) in [7, 11) is 3.80. The van der Waals surface area contributed by atoms with Crippen LogP contribution in [0.25, 0.3) is 0 Å². The molecule has 1 heterocycles. The van der Waals surface area contributed by atoms with E-state index in [4.69, 9.17) is 0 Å². The Morgan fingerprint density at radius 1 is 1.55 bits per heavy atom. The number of hydrogen-bond donors (Lipinski definition) is 1. The highest BCUT2D eigenvalue weighted by Crippen LogP contribution is 2.14. The topological polar surface area (TPSA) is 42.7 Å². The zero-order chi connectivity index (χ0) is 8.48. The monoisotopic (exact) mass is 154 g/mol. The second-order valence-corrected chi connectivity index (χ2v) is 3.08. The quantitative estimate of drug-likeness (QED) is 0.665. The third-order valence-electron chi connectivity index (χ3n) is 1.90. The smallest absolute Gasteiger partial charge is 0.146 e. The molecule has 0 fully saturated rings. The average Bonchev–Trinajstić information content (AvgIpc) is 2.36. The first kappa shape index (κ1) is 8.20. The molecular formula is C7H14N4. The maximum Gasteiger partial charge on any atom is 0.146 e. The highest BCUT2D eigenvalue weighted by atomic mass is 15.3. The van der Waals surface area contributed by atoms with Crippen molar-refractivity contribution in [2.75, 3.05) is 7.05 Å². The fourth-order valence-corrected chi connectivity index (χ4v) is 0.974. The molecule has 0 saturated heterocycles. The van der Waals surface area contributed by atoms with Crippen LogP contribution in [0.4, 0.5) is 0 Å². The maximum absolute atomic E-state index is 4.15. The van der Waals surface area contributed by atoms with E-state index in [0.29, 0.717) is 0 Å². The van der Waals surface area contributed by atoms with Gasteiger partial charge in [0.15, 0.2) is 0 Å². The Kier molecular flexibility index (Phi) is 1.95. The van der Waals surface area contributed by atoms with Gasteiger partial charge in [0.1, 0.15) is 12.2 Å². The van der Waals surface area contributed by atoms with E-state index in [1.165, 1.54) is 0 Å². The number of nitrogens with one attached hydrogen (secondary N) is 1. The SMILES string of the molecule is CNC(C)(C)c1ncnn1C. The summed E-state index contributed by atoms with van der Waals surface area (Å²) < 4.78 is 1.77. The van der Waals surface area contributed by atoms with Crippen LogP contribution >= 0.6 is 0 Å². The molecule has 0 aliphatic carbocycles. The van der Waals surface area contributed by atoms with Gasteiger partial charge in [0.2, 0.25) is 0 Å². The first-order valence-corrected chi connectivity index (χ1v) is 3.61. The second kappa shape index (κ2) is 2.62. The number of aryl methyl sites for hydroxylation is 1. The molecule has 0 bridgehead atoms. The zero-order valence-electron chi connectivity index (χ0n) is 7.42. The minimum absolute atomic E-state index is 0.106. The molecule has 1 N–H and O–H groups in total. The second-order valence-electron chi connectivity index (χ2n) is 3.08. The van der Waals surface area contributed by atoms with Crippen LogP contribution in [0.3, 0.4) is 0 Å². The van der Waals surface area contributed by atoms with E-state index in [-0.39, 0.29) is 5.54 Å². The molecular weight excluding hydrogens is 140 g/mol. The number of nitrogens with zero attached hydrogens (tertiary/aromatic N) is 3. The van der Waals surface area contributed by atoms with Crippen molar-refractivity contribution in [1.29, 1.82) is 0 Å². The van der Waals surface area contributed by atoms with Crippen molar-refractivity contribution in [3.63, 3.8) is 0 Å². The first-order chi connectivity index (χ1) is 5.08. The van der Waals surface area contributed by atoms with Crippen LogP contribution in [-0.2, 0) is 12.6 Å². The summed E-state index contributed by atoms with van der Waals surface area (Å²) in [6.45, 7) is 4.13. The lowest BCUT2D eigenvalue weighted by molar-refractivity contribution is 0.397. The molecule has 4 heteroatoms. The third-order valence-corrected chi connectivity index (χ3v) is 1.90. The summed E-state index contributed by atoms with van der Waals surface area (Å²) in [5.74, 6) is 0.944. The van der Waals surface area contributed by atoms with E-state index in [1.54, 1.807) is 11.0 Å². The van der Waals surface area contributed by atoms with Gasteiger partial charge in [-0.25, -0.2) is 4.98 Å². The van der Waals surface area contributed by atoms with Gasteiger partial charge in [-0.15, -0.1) is 0 Å². The minimum Gasteiger partial charge on any atom is -0.308 e. The van der Waals surface area contributed by atoms with E-state index in [1.807, 2.05) is 14.1 Å². The maximum atomic E-state index is 4.15. The van der Waals surface area contributed by atoms with E-state index in [9.17, 15) is 0 Å². The number of hydrogen-bond acceptors (Lipinski definition) is 3. The summed E-state index contributed by atoms with van der Waals surface area (Å²) >= 11 is 0. The van der Waals surface area contributed by atoms with E-state index >= 15 is 0 Å². The predicted octanol–water partition coefficient (Wildman–Crippen LogP) is 0.270. The van der Waals surface area contributed by atoms with Gasteiger partial charge in [0.05, 0.1) is 5.54 Å². The molecule has 0 aliphatic rings. The van der Waals surface area contributed by atoms with Gasteiger partial charge in [-0.05, 0) is 20.9 Å². The third kappa shape index (κ3) is 1.40. The summed E-state index contributed by atoms with van der Waals surface area (Å²) in [6, 6.07) is 0. The van der Waals surface area contributed by atoms with Crippen LogP contribution in [0.15, 0.2) is 6.33 Å². The Hall–Kier alpha value is -0.900. The fraction of sp³-hybridized carbons (Fsp3) is 0.714. The van der Waals surface area contributed by atoms with Gasteiger partial charge in [-0.3, -0.25) is 4.68 Å².